The van der Waals surface area contributed by atoms with Crippen molar-refractivity contribution in [2.45, 2.75) is 51.4 Å². The Morgan fingerprint density at radius 1 is 1.37 bits per heavy atom. The van der Waals surface area contributed by atoms with Crippen LogP contribution >= 0.6 is 11.8 Å². The lowest BCUT2D eigenvalue weighted by Crippen LogP contribution is -2.49. The summed E-state index contributed by atoms with van der Waals surface area (Å²) in [5, 5.41) is 3.90. The van der Waals surface area contributed by atoms with Crippen LogP contribution in [0.3, 0.4) is 0 Å². The molecule has 2 fully saturated rings. The third-order valence-corrected chi connectivity index (χ3v) is 7.76. The van der Waals surface area contributed by atoms with Gasteiger partial charge in [0, 0.05) is 43.8 Å². The number of nitrogens with one attached hydrogen (secondary N) is 2. The summed E-state index contributed by atoms with van der Waals surface area (Å²) in [5.74, 6) is 2.53. The summed E-state index contributed by atoms with van der Waals surface area (Å²) in [6.45, 7) is 10.6. The first-order valence-corrected chi connectivity index (χ1v) is 12.8. The van der Waals surface area contributed by atoms with Gasteiger partial charge >= 0.3 is 0 Å². The van der Waals surface area contributed by atoms with Gasteiger partial charge in [0.2, 0.25) is 10.0 Å². The number of hydrogen-bond donors (Lipinski definition) is 2. The van der Waals surface area contributed by atoms with Gasteiger partial charge in [-0.05, 0) is 32.1 Å². The summed E-state index contributed by atoms with van der Waals surface area (Å²) in [6, 6.07) is 0. The molecule has 0 saturated carbocycles. The molecule has 2 heterocycles. The molecule has 0 amide bonds. The summed E-state index contributed by atoms with van der Waals surface area (Å²) in [7, 11) is -3.33. The topological polar surface area (TPSA) is 83.0 Å². The molecule has 9 heteroatoms. The van der Waals surface area contributed by atoms with Crippen molar-refractivity contribution in [2.24, 2.45) is 10.9 Å². The zero-order chi connectivity index (χ0) is 19.7. The zero-order valence-corrected chi connectivity index (χ0v) is 18.6. The highest BCUT2D eigenvalue weighted by Crippen LogP contribution is 2.24. The molecule has 2 N–H and O–H groups in total. The van der Waals surface area contributed by atoms with E-state index in [-0.39, 0.29) is 18.4 Å². The summed E-state index contributed by atoms with van der Waals surface area (Å²) in [6.07, 6.45) is 3.11. The lowest BCUT2D eigenvalue weighted by Gasteiger charge is -2.36. The average molecular weight is 421 g/mol. The molecule has 0 spiro atoms. The molecule has 7 nitrogen and oxygen atoms in total. The van der Waals surface area contributed by atoms with Gasteiger partial charge in [-0.3, -0.25) is 4.99 Å². The second kappa shape index (κ2) is 11.5. The van der Waals surface area contributed by atoms with Crippen LogP contribution in [0.25, 0.3) is 0 Å². The van der Waals surface area contributed by atoms with Crippen LogP contribution in [0.1, 0.15) is 40.0 Å². The molecule has 2 atom stereocenters. The van der Waals surface area contributed by atoms with Gasteiger partial charge in [-0.2, -0.15) is 11.8 Å². The normalized spacial score (nSPS) is 25.0. The predicted octanol–water partition coefficient (Wildman–Crippen LogP) is 1.51. The monoisotopic (exact) mass is 420 g/mol. The van der Waals surface area contributed by atoms with Gasteiger partial charge in [0.15, 0.2) is 5.96 Å². The molecule has 2 aliphatic rings. The zero-order valence-electron chi connectivity index (χ0n) is 16.9. The van der Waals surface area contributed by atoms with Gasteiger partial charge in [-0.15, -0.1) is 0 Å². The van der Waals surface area contributed by atoms with Crippen molar-refractivity contribution in [2.75, 3.05) is 50.8 Å². The van der Waals surface area contributed by atoms with Crippen LogP contribution < -0.4 is 10.0 Å². The highest BCUT2D eigenvalue weighted by Gasteiger charge is 2.25. The summed E-state index contributed by atoms with van der Waals surface area (Å²) in [4.78, 5) is 6.85. The number of rotatable bonds is 8. The summed E-state index contributed by atoms with van der Waals surface area (Å²) in [5.41, 5.74) is 0. The molecule has 2 saturated heterocycles. The fraction of sp³-hybridized carbons (Fsp3) is 0.944. The molecule has 0 radical (unpaired) electrons. The van der Waals surface area contributed by atoms with Crippen LogP contribution in [0.2, 0.25) is 0 Å². The number of ether oxygens (including phenoxy) is 1. The second-order valence-electron chi connectivity index (χ2n) is 7.49. The molecule has 2 unspecified atom stereocenters. The standard InChI is InChI=1S/C18H36N4O3S2/c1-4-19-18(22-9-11-26-17(14-22)15(2)3)20-8-12-27(23,24)21-13-16-7-5-6-10-25-16/h15-17,21H,4-14H2,1-3H3,(H,19,20). The van der Waals surface area contributed by atoms with E-state index in [0.717, 1.165) is 57.2 Å². The first kappa shape index (κ1) is 22.8. The van der Waals surface area contributed by atoms with Gasteiger partial charge in [0.05, 0.1) is 18.4 Å². The molecular formula is C18H36N4O3S2. The molecular weight excluding hydrogens is 384 g/mol. The maximum Gasteiger partial charge on any atom is 0.213 e. The minimum absolute atomic E-state index is 0.00478. The smallest absolute Gasteiger partial charge is 0.213 e. The Balaban J connectivity index is 1.84. The second-order valence-corrected chi connectivity index (χ2v) is 10.8. The van der Waals surface area contributed by atoms with Crippen molar-refractivity contribution >= 4 is 27.7 Å². The molecule has 0 bridgehead atoms. The molecule has 0 aliphatic carbocycles. The molecule has 0 aromatic heterocycles. The Labute approximate surface area is 169 Å². The molecule has 2 aliphatic heterocycles. The van der Waals surface area contributed by atoms with Crippen molar-refractivity contribution in [3.8, 4) is 0 Å². The van der Waals surface area contributed by atoms with Crippen LogP contribution in [-0.4, -0.2) is 81.5 Å². The third kappa shape index (κ3) is 8.17. The van der Waals surface area contributed by atoms with E-state index in [4.69, 9.17) is 4.74 Å². The highest BCUT2D eigenvalue weighted by molar-refractivity contribution is 8.00. The lowest BCUT2D eigenvalue weighted by molar-refractivity contribution is 0.0200. The van der Waals surface area contributed by atoms with E-state index in [0.29, 0.717) is 17.7 Å². The number of hydrogen-bond acceptors (Lipinski definition) is 5. The minimum Gasteiger partial charge on any atom is -0.377 e. The van der Waals surface area contributed by atoms with Crippen molar-refractivity contribution < 1.29 is 13.2 Å². The van der Waals surface area contributed by atoms with E-state index in [1.54, 1.807) is 0 Å². The molecule has 158 valence electrons. The van der Waals surface area contributed by atoms with Crippen LogP contribution in [0.5, 0.6) is 0 Å². The number of guanidine groups is 1. The number of thioether (sulfide) groups is 1. The first-order valence-electron chi connectivity index (χ1n) is 10.1. The number of aliphatic imine (C=N–C) groups is 1. The van der Waals surface area contributed by atoms with Gasteiger partial charge in [-0.1, -0.05) is 13.8 Å². The Hall–Kier alpha value is -0.510. The van der Waals surface area contributed by atoms with E-state index >= 15 is 0 Å². The number of sulfonamides is 1. The Kier molecular flexibility index (Phi) is 9.69. The summed E-state index contributed by atoms with van der Waals surface area (Å²) >= 11 is 2.02. The van der Waals surface area contributed by atoms with E-state index in [1.807, 2.05) is 18.7 Å². The highest BCUT2D eigenvalue weighted by atomic mass is 32.2. The fourth-order valence-corrected chi connectivity index (χ4v) is 5.44. The maximum absolute atomic E-state index is 12.3. The van der Waals surface area contributed by atoms with Crippen molar-refractivity contribution in [3.63, 3.8) is 0 Å². The van der Waals surface area contributed by atoms with Crippen molar-refractivity contribution in [3.05, 3.63) is 0 Å². The Morgan fingerprint density at radius 3 is 2.85 bits per heavy atom. The van der Waals surface area contributed by atoms with Gasteiger partial charge in [-0.25, -0.2) is 13.1 Å². The van der Waals surface area contributed by atoms with Crippen molar-refractivity contribution in [1.82, 2.24) is 14.9 Å². The lowest BCUT2D eigenvalue weighted by atomic mass is 10.1. The fourth-order valence-electron chi connectivity index (χ4n) is 3.23. The minimum atomic E-state index is -3.33. The van der Waals surface area contributed by atoms with Crippen LogP contribution in [0, 0.1) is 5.92 Å². The van der Waals surface area contributed by atoms with E-state index < -0.39 is 10.0 Å². The average Bonchev–Trinajstić information content (AvgIpc) is 2.66. The van der Waals surface area contributed by atoms with Crippen molar-refractivity contribution in [1.29, 1.82) is 0 Å². The molecule has 0 aromatic carbocycles. The maximum atomic E-state index is 12.3. The number of nitrogens with zero attached hydrogens (tertiary/aromatic N) is 2. The van der Waals surface area contributed by atoms with E-state index in [9.17, 15) is 8.42 Å². The van der Waals surface area contributed by atoms with Gasteiger partial charge in [0.25, 0.3) is 0 Å². The summed E-state index contributed by atoms with van der Waals surface area (Å²) < 4.78 is 32.8. The third-order valence-electron chi connectivity index (χ3n) is 4.90. The predicted molar refractivity (Wildman–Crippen MR) is 114 cm³/mol. The van der Waals surface area contributed by atoms with Gasteiger partial charge in [0.1, 0.15) is 0 Å². The van der Waals surface area contributed by atoms with Crippen LogP contribution in [0.4, 0.5) is 0 Å². The van der Waals surface area contributed by atoms with Crippen LogP contribution in [-0.2, 0) is 14.8 Å². The first-order chi connectivity index (χ1) is 12.9. The van der Waals surface area contributed by atoms with E-state index in [1.165, 1.54) is 0 Å². The quantitative estimate of drug-likeness (QED) is 0.458. The van der Waals surface area contributed by atoms with Gasteiger partial charge < -0.3 is 15.0 Å². The van der Waals surface area contributed by atoms with Crippen LogP contribution in [0.15, 0.2) is 4.99 Å². The SMILES string of the molecule is CCNC(=NCCS(=O)(=O)NCC1CCCCO1)N1CCSC(C(C)C)C1. The van der Waals surface area contributed by atoms with E-state index in [2.05, 4.69) is 33.8 Å². The molecule has 0 aromatic rings. The Morgan fingerprint density at radius 2 is 2.19 bits per heavy atom. The Bertz CT molecular complexity index is 563. The molecule has 2 rings (SSSR count). The molecule has 27 heavy (non-hydrogen) atoms. The largest absolute Gasteiger partial charge is 0.377 e.